The molecule has 0 saturated heterocycles. The van der Waals surface area contributed by atoms with Crippen molar-refractivity contribution in [3.05, 3.63) is 65.7 Å². The minimum absolute atomic E-state index is 0.161. The Morgan fingerprint density at radius 2 is 1.79 bits per heavy atom. The molecule has 3 rings (SSSR count). The number of fused-ring (bicyclic) bond motifs is 1. The second-order valence-corrected chi connectivity index (χ2v) is 7.66. The van der Waals surface area contributed by atoms with Crippen LogP contribution in [-0.4, -0.2) is 23.7 Å². The number of hydrogen-bond donors (Lipinski definition) is 1. The molecule has 2 aromatic carbocycles. The molecule has 6 nitrogen and oxygen atoms in total. The number of carbonyl (C=O) groups excluding carboxylic acids is 2. The minimum atomic E-state index is -0.869. The molecule has 1 unspecified atom stereocenters. The van der Waals surface area contributed by atoms with Gasteiger partial charge in [-0.25, -0.2) is 15.2 Å². The van der Waals surface area contributed by atoms with E-state index < -0.39 is 11.7 Å². The number of ether oxygens (including phenoxy) is 2. The highest BCUT2D eigenvalue weighted by Crippen LogP contribution is 2.27. The summed E-state index contributed by atoms with van der Waals surface area (Å²) in [4.78, 5) is 24.9. The monoisotopic (exact) mass is 396 g/mol. The molecule has 0 aliphatic carbocycles. The summed E-state index contributed by atoms with van der Waals surface area (Å²) in [5.74, 6) is -0.161. The lowest BCUT2D eigenvalue weighted by Crippen LogP contribution is -2.52. The molecule has 1 heterocycles. The first kappa shape index (κ1) is 20.9. The van der Waals surface area contributed by atoms with Crippen LogP contribution < -0.4 is 10.4 Å². The number of para-hydroxylation sites is 1. The van der Waals surface area contributed by atoms with Gasteiger partial charge in [0.15, 0.2) is 0 Å². The van der Waals surface area contributed by atoms with E-state index in [1.807, 2.05) is 75.4 Å². The molecule has 2 amide bonds. The Hall–Kier alpha value is -2.86. The number of rotatable bonds is 7. The largest absolute Gasteiger partial charge is 0.440 e. The Morgan fingerprint density at radius 1 is 1.10 bits per heavy atom. The Bertz CT molecular complexity index is 851. The highest BCUT2D eigenvalue weighted by molar-refractivity contribution is 5.98. The first-order chi connectivity index (χ1) is 13.9. The number of nitrogens with zero attached hydrogens (tertiary/aromatic N) is 1. The van der Waals surface area contributed by atoms with Crippen molar-refractivity contribution >= 4 is 17.7 Å². The minimum Gasteiger partial charge on any atom is -0.440 e. The van der Waals surface area contributed by atoms with E-state index in [4.69, 9.17) is 9.47 Å². The van der Waals surface area contributed by atoms with Crippen LogP contribution in [0.1, 0.15) is 44.7 Å². The van der Waals surface area contributed by atoms with Gasteiger partial charge >= 0.3 is 6.09 Å². The molecule has 0 aromatic heterocycles. The van der Waals surface area contributed by atoms with Crippen molar-refractivity contribution in [2.45, 2.75) is 58.3 Å². The zero-order valence-electron chi connectivity index (χ0n) is 17.2. The van der Waals surface area contributed by atoms with E-state index in [0.717, 1.165) is 11.1 Å². The maximum absolute atomic E-state index is 12.6. The van der Waals surface area contributed by atoms with Crippen molar-refractivity contribution in [3.63, 3.8) is 0 Å². The van der Waals surface area contributed by atoms with Crippen LogP contribution in [0, 0.1) is 0 Å². The highest BCUT2D eigenvalue weighted by Gasteiger charge is 2.35. The molecule has 1 aliphatic heterocycles. The molecule has 0 saturated carbocycles. The van der Waals surface area contributed by atoms with E-state index in [9.17, 15) is 9.59 Å². The molecule has 1 aliphatic rings. The van der Waals surface area contributed by atoms with Crippen molar-refractivity contribution in [1.29, 1.82) is 0 Å². The smallest absolute Gasteiger partial charge is 0.427 e. The van der Waals surface area contributed by atoms with Crippen molar-refractivity contribution in [2.24, 2.45) is 0 Å². The molecule has 6 heteroatoms. The zero-order chi connectivity index (χ0) is 20.9. The van der Waals surface area contributed by atoms with Gasteiger partial charge in [-0.1, -0.05) is 55.5 Å². The SMILES string of the molecule is CCC(OCc1ccccc1)C(C)(C)OC(=O)NN1C(=O)CCc2ccccc21. The van der Waals surface area contributed by atoms with Gasteiger partial charge in [-0.15, -0.1) is 0 Å². The van der Waals surface area contributed by atoms with Gasteiger partial charge in [-0.3, -0.25) is 4.79 Å². The highest BCUT2D eigenvalue weighted by atomic mass is 16.6. The Kier molecular flexibility index (Phi) is 6.54. The van der Waals surface area contributed by atoms with E-state index in [-0.39, 0.29) is 12.0 Å². The van der Waals surface area contributed by atoms with Crippen LogP contribution in [0.5, 0.6) is 0 Å². The summed E-state index contributed by atoms with van der Waals surface area (Å²) in [6.45, 7) is 6.06. The summed E-state index contributed by atoms with van der Waals surface area (Å²) < 4.78 is 11.7. The fourth-order valence-electron chi connectivity index (χ4n) is 3.55. The van der Waals surface area contributed by atoms with Crippen molar-refractivity contribution in [3.8, 4) is 0 Å². The fourth-order valence-corrected chi connectivity index (χ4v) is 3.55. The van der Waals surface area contributed by atoms with E-state index in [1.165, 1.54) is 5.01 Å². The van der Waals surface area contributed by atoms with Crippen LogP contribution in [0.4, 0.5) is 10.5 Å². The second-order valence-electron chi connectivity index (χ2n) is 7.66. The topological polar surface area (TPSA) is 67.9 Å². The molecule has 2 aromatic rings. The maximum atomic E-state index is 12.6. The van der Waals surface area contributed by atoms with Crippen molar-refractivity contribution in [1.82, 2.24) is 5.43 Å². The Labute approximate surface area is 171 Å². The molecule has 1 N–H and O–H groups in total. The van der Waals surface area contributed by atoms with Gasteiger partial charge in [-0.2, -0.15) is 0 Å². The number of anilines is 1. The maximum Gasteiger partial charge on any atom is 0.427 e. The summed E-state index contributed by atoms with van der Waals surface area (Å²) in [5.41, 5.74) is 4.49. The lowest BCUT2D eigenvalue weighted by Gasteiger charge is -2.35. The number of hydrogen-bond acceptors (Lipinski definition) is 4. The summed E-state index contributed by atoms with van der Waals surface area (Å²) >= 11 is 0. The number of benzene rings is 2. The zero-order valence-corrected chi connectivity index (χ0v) is 17.2. The summed E-state index contributed by atoms with van der Waals surface area (Å²) in [5, 5.41) is 1.28. The average Bonchev–Trinajstić information content (AvgIpc) is 2.71. The normalized spacial score (nSPS) is 14.9. The number of amides is 2. The summed E-state index contributed by atoms with van der Waals surface area (Å²) in [6, 6.07) is 17.4. The third-order valence-electron chi connectivity index (χ3n) is 5.09. The molecule has 0 fully saturated rings. The molecule has 154 valence electrons. The van der Waals surface area contributed by atoms with Crippen LogP contribution in [0.2, 0.25) is 0 Å². The van der Waals surface area contributed by atoms with Crippen LogP contribution >= 0.6 is 0 Å². The number of nitrogens with one attached hydrogen (secondary N) is 1. The molecule has 0 spiro atoms. The molecule has 0 radical (unpaired) electrons. The van der Waals surface area contributed by atoms with Crippen molar-refractivity contribution < 1.29 is 19.1 Å². The van der Waals surface area contributed by atoms with Gasteiger partial charge in [0, 0.05) is 6.42 Å². The first-order valence-electron chi connectivity index (χ1n) is 9.96. The third-order valence-corrected chi connectivity index (χ3v) is 5.09. The van der Waals surface area contributed by atoms with Crippen LogP contribution in [0.15, 0.2) is 54.6 Å². The Morgan fingerprint density at radius 3 is 2.52 bits per heavy atom. The predicted octanol–water partition coefficient (Wildman–Crippen LogP) is 4.38. The van der Waals surface area contributed by atoms with E-state index >= 15 is 0 Å². The van der Waals surface area contributed by atoms with Gasteiger partial charge < -0.3 is 9.47 Å². The van der Waals surface area contributed by atoms with Crippen LogP contribution in [0.3, 0.4) is 0 Å². The molecule has 1 atom stereocenters. The van der Waals surface area contributed by atoms with Gasteiger partial charge in [0.25, 0.3) is 0 Å². The van der Waals surface area contributed by atoms with Crippen LogP contribution in [-0.2, 0) is 27.3 Å². The molecule has 0 bridgehead atoms. The Balaban J connectivity index is 1.63. The van der Waals surface area contributed by atoms with Gasteiger partial charge in [0.2, 0.25) is 5.91 Å². The lowest BCUT2D eigenvalue weighted by atomic mass is 9.99. The van der Waals surface area contributed by atoms with E-state index in [1.54, 1.807) is 0 Å². The van der Waals surface area contributed by atoms with Crippen LogP contribution in [0.25, 0.3) is 0 Å². The quantitative estimate of drug-likeness (QED) is 0.754. The number of hydrazine groups is 1. The van der Waals surface area contributed by atoms with Crippen molar-refractivity contribution in [2.75, 3.05) is 5.01 Å². The van der Waals surface area contributed by atoms with Gasteiger partial charge in [0.05, 0.1) is 18.4 Å². The lowest BCUT2D eigenvalue weighted by molar-refractivity contribution is -0.120. The third kappa shape index (κ3) is 5.15. The van der Waals surface area contributed by atoms with E-state index in [0.29, 0.717) is 31.6 Å². The summed E-state index contributed by atoms with van der Waals surface area (Å²) in [6.07, 6.45) is 0.718. The second kappa shape index (κ2) is 9.09. The fraction of sp³-hybridized carbons (Fsp3) is 0.391. The van der Waals surface area contributed by atoms with E-state index in [2.05, 4.69) is 5.43 Å². The van der Waals surface area contributed by atoms with Gasteiger partial charge in [0.1, 0.15) is 5.60 Å². The number of aryl methyl sites for hydroxylation is 1. The molecular weight excluding hydrogens is 368 g/mol. The average molecular weight is 396 g/mol. The molecular formula is C23H28N2O4. The predicted molar refractivity (Wildman–Crippen MR) is 111 cm³/mol. The molecule has 29 heavy (non-hydrogen) atoms. The standard InChI is InChI=1S/C23H28N2O4/c1-4-20(28-16-17-10-6-5-7-11-17)23(2,3)29-22(27)24-25-19-13-9-8-12-18(19)14-15-21(25)26/h5-13,20H,4,14-16H2,1-3H3,(H,24,27). The first-order valence-corrected chi connectivity index (χ1v) is 9.96. The van der Waals surface area contributed by atoms with Gasteiger partial charge in [-0.05, 0) is 43.9 Å². The number of carbonyl (C=O) groups is 2. The summed E-state index contributed by atoms with van der Waals surface area (Å²) in [7, 11) is 0.